The molecule has 5 nitrogen and oxygen atoms in total. The van der Waals surface area contributed by atoms with Crippen LogP contribution in [0.3, 0.4) is 0 Å². The van der Waals surface area contributed by atoms with Crippen LogP contribution in [0.5, 0.6) is 0 Å². The highest BCUT2D eigenvalue weighted by Crippen LogP contribution is 2.26. The molecule has 0 radical (unpaired) electrons. The van der Waals surface area contributed by atoms with Gasteiger partial charge in [0.05, 0.1) is 11.7 Å². The van der Waals surface area contributed by atoms with Crippen molar-refractivity contribution >= 4 is 5.91 Å². The molecule has 1 saturated carbocycles. The summed E-state index contributed by atoms with van der Waals surface area (Å²) in [4.78, 5) is 19.1. The molecule has 2 atom stereocenters. The molecule has 25 heavy (non-hydrogen) atoms. The van der Waals surface area contributed by atoms with E-state index >= 15 is 0 Å². The Balaban J connectivity index is 1.80. The first kappa shape index (κ1) is 17.7. The predicted octanol–water partition coefficient (Wildman–Crippen LogP) is 3.11. The Morgan fingerprint density at radius 2 is 2.08 bits per heavy atom. The lowest BCUT2D eigenvalue weighted by atomic mass is 9.86. The van der Waals surface area contributed by atoms with E-state index in [1.807, 2.05) is 49.7 Å². The molecule has 1 N–H and O–H groups in total. The zero-order valence-corrected chi connectivity index (χ0v) is 15.3. The number of aromatic nitrogens is 2. The third-order valence-corrected chi connectivity index (χ3v) is 5.26. The second-order valence-electron chi connectivity index (χ2n) is 7.11. The molecule has 1 aliphatic carbocycles. The van der Waals surface area contributed by atoms with Crippen molar-refractivity contribution in [2.75, 3.05) is 13.6 Å². The van der Waals surface area contributed by atoms with E-state index in [0.29, 0.717) is 12.1 Å². The Bertz CT molecular complexity index is 739. The van der Waals surface area contributed by atoms with Gasteiger partial charge in [0.1, 0.15) is 5.82 Å². The van der Waals surface area contributed by atoms with Crippen LogP contribution in [-0.2, 0) is 0 Å². The average molecular weight is 341 g/mol. The Morgan fingerprint density at radius 3 is 2.76 bits per heavy atom. The first-order valence-electron chi connectivity index (χ1n) is 9.03. The van der Waals surface area contributed by atoms with E-state index in [2.05, 4.69) is 4.98 Å². The van der Waals surface area contributed by atoms with Gasteiger partial charge in [-0.15, -0.1) is 0 Å². The summed E-state index contributed by atoms with van der Waals surface area (Å²) in [6, 6.07) is 7.70. The minimum absolute atomic E-state index is 0.00746. The SMILES string of the molecule is Cc1cc(C(=O)N(C)C[C@H]2CCCC[C@@H]2O)c(C)n1-c1ccccn1. The smallest absolute Gasteiger partial charge is 0.255 e. The molecular formula is C20H27N3O2. The van der Waals surface area contributed by atoms with Crippen molar-refractivity contribution in [2.24, 2.45) is 5.92 Å². The van der Waals surface area contributed by atoms with Crippen LogP contribution in [-0.4, -0.2) is 45.2 Å². The number of hydrogen-bond donors (Lipinski definition) is 1. The van der Waals surface area contributed by atoms with Gasteiger partial charge < -0.3 is 14.6 Å². The highest BCUT2D eigenvalue weighted by atomic mass is 16.3. The number of rotatable bonds is 4. The van der Waals surface area contributed by atoms with E-state index in [1.54, 1.807) is 11.1 Å². The second-order valence-corrected chi connectivity index (χ2v) is 7.11. The summed E-state index contributed by atoms with van der Waals surface area (Å²) in [5.74, 6) is 1.01. The van der Waals surface area contributed by atoms with Gasteiger partial charge in [-0.05, 0) is 44.9 Å². The lowest BCUT2D eigenvalue weighted by Gasteiger charge is -2.31. The van der Waals surface area contributed by atoms with E-state index in [4.69, 9.17) is 0 Å². The standard InChI is InChI=1S/C20H27N3O2/c1-14-12-17(15(2)23(14)19-10-6-7-11-21-19)20(25)22(3)13-16-8-4-5-9-18(16)24/h6-7,10-12,16,18,24H,4-5,8-9,13H2,1-3H3/t16-,18+/m1/s1. The van der Waals surface area contributed by atoms with Crippen LogP contribution in [0.4, 0.5) is 0 Å². The lowest BCUT2D eigenvalue weighted by Crippen LogP contribution is -2.38. The third kappa shape index (κ3) is 3.61. The first-order chi connectivity index (χ1) is 12.0. The van der Waals surface area contributed by atoms with Crippen molar-refractivity contribution in [2.45, 2.75) is 45.6 Å². The zero-order valence-electron chi connectivity index (χ0n) is 15.3. The van der Waals surface area contributed by atoms with Crippen LogP contribution in [0.2, 0.25) is 0 Å². The normalized spacial score (nSPS) is 20.5. The number of pyridine rings is 1. The van der Waals surface area contributed by atoms with Gasteiger partial charge in [0, 0.05) is 37.1 Å². The van der Waals surface area contributed by atoms with Crippen molar-refractivity contribution in [3.63, 3.8) is 0 Å². The quantitative estimate of drug-likeness (QED) is 0.929. The maximum absolute atomic E-state index is 13.0. The average Bonchev–Trinajstić information content (AvgIpc) is 2.91. The lowest BCUT2D eigenvalue weighted by molar-refractivity contribution is 0.0451. The summed E-state index contributed by atoms with van der Waals surface area (Å²) >= 11 is 0. The van der Waals surface area contributed by atoms with Gasteiger partial charge >= 0.3 is 0 Å². The summed E-state index contributed by atoms with van der Waals surface area (Å²) < 4.78 is 2.01. The van der Waals surface area contributed by atoms with E-state index in [9.17, 15) is 9.90 Å². The van der Waals surface area contributed by atoms with Crippen LogP contribution in [0, 0.1) is 19.8 Å². The highest BCUT2D eigenvalue weighted by Gasteiger charge is 2.27. The number of carbonyl (C=O) groups is 1. The molecule has 0 aromatic carbocycles. The van der Waals surface area contributed by atoms with Crippen molar-refractivity contribution in [1.82, 2.24) is 14.5 Å². The monoisotopic (exact) mass is 341 g/mol. The molecule has 0 aliphatic heterocycles. The molecule has 0 unspecified atom stereocenters. The molecule has 2 aromatic rings. The number of aryl methyl sites for hydroxylation is 1. The largest absolute Gasteiger partial charge is 0.393 e. The van der Waals surface area contributed by atoms with E-state index in [0.717, 1.165) is 42.9 Å². The molecule has 2 aromatic heterocycles. The van der Waals surface area contributed by atoms with Crippen LogP contribution < -0.4 is 0 Å². The highest BCUT2D eigenvalue weighted by molar-refractivity contribution is 5.95. The minimum Gasteiger partial charge on any atom is -0.393 e. The molecule has 1 amide bonds. The Kier molecular flexibility index (Phi) is 5.23. The van der Waals surface area contributed by atoms with Gasteiger partial charge in [-0.2, -0.15) is 0 Å². The van der Waals surface area contributed by atoms with Crippen LogP contribution in [0.1, 0.15) is 47.4 Å². The van der Waals surface area contributed by atoms with Gasteiger partial charge in [0.25, 0.3) is 5.91 Å². The van der Waals surface area contributed by atoms with Crippen molar-refractivity contribution in [3.8, 4) is 5.82 Å². The van der Waals surface area contributed by atoms with Gasteiger partial charge in [-0.3, -0.25) is 4.79 Å². The molecular weight excluding hydrogens is 314 g/mol. The molecule has 5 heteroatoms. The Labute approximate surface area is 149 Å². The number of nitrogens with zero attached hydrogens (tertiary/aromatic N) is 3. The number of amides is 1. The van der Waals surface area contributed by atoms with Crippen molar-refractivity contribution in [3.05, 3.63) is 47.4 Å². The topological polar surface area (TPSA) is 58.4 Å². The third-order valence-electron chi connectivity index (χ3n) is 5.26. The minimum atomic E-state index is -0.287. The van der Waals surface area contributed by atoms with E-state index in [-0.39, 0.29) is 17.9 Å². The van der Waals surface area contributed by atoms with Crippen molar-refractivity contribution < 1.29 is 9.90 Å². The van der Waals surface area contributed by atoms with Crippen LogP contribution >= 0.6 is 0 Å². The molecule has 0 bridgehead atoms. The van der Waals surface area contributed by atoms with Gasteiger partial charge in [0.2, 0.25) is 0 Å². The molecule has 3 rings (SSSR count). The number of aliphatic hydroxyl groups excluding tert-OH is 1. The number of carbonyl (C=O) groups excluding carboxylic acids is 1. The van der Waals surface area contributed by atoms with Gasteiger partial charge in [0.15, 0.2) is 0 Å². The Hall–Kier alpha value is -2.14. The first-order valence-corrected chi connectivity index (χ1v) is 9.03. The van der Waals surface area contributed by atoms with Gasteiger partial charge in [-0.1, -0.05) is 18.9 Å². The van der Waals surface area contributed by atoms with Gasteiger partial charge in [-0.25, -0.2) is 4.98 Å². The second kappa shape index (κ2) is 7.40. The summed E-state index contributed by atoms with van der Waals surface area (Å²) in [5, 5.41) is 10.2. The summed E-state index contributed by atoms with van der Waals surface area (Å²) in [6.45, 7) is 4.55. The maximum Gasteiger partial charge on any atom is 0.255 e. The zero-order chi connectivity index (χ0) is 18.0. The fourth-order valence-electron chi connectivity index (χ4n) is 3.86. The fourth-order valence-corrected chi connectivity index (χ4v) is 3.86. The number of aliphatic hydroxyl groups is 1. The van der Waals surface area contributed by atoms with E-state index < -0.39 is 0 Å². The molecule has 0 saturated heterocycles. The summed E-state index contributed by atoms with van der Waals surface area (Å²) in [7, 11) is 1.83. The number of hydrogen-bond acceptors (Lipinski definition) is 3. The molecule has 2 heterocycles. The predicted molar refractivity (Wildman–Crippen MR) is 98.0 cm³/mol. The summed E-state index contributed by atoms with van der Waals surface area (Å²) in [6.07, 6.45) is 5.53. The molecule has 134 valence electrons. The Morgan fingerprint density at radius 1 is 1.32 bits per heavy atom. The van der Waals surface area contributed by atoms with E-state index in [1.165, 1.54) is 0 Å². The van der Waals surface area contributed by atoms with Crippen LogP contribution in [0.25, 0.3) is 5.82 Å². The molecule has 1 fully saturated rings. The van der Waals surface area contributed by atoms with Crippen LogP contribution in [0.15, 0.2) is 30.5 Å². The van der Waals surface area contributed by atoms with Crippen molar-refractivity contribution in [1.29, 1.82) is 0 Å². The fraction of sp³-hybridized carbons (Fsp3) is 0.500. The molecule has 0 spiro atoms. The summed E-state index contributed by atoms with van der Waals surface area (Å²) in [5.41, 5.74) is 2.60. The maximum atomic E-state index is 13.0. The molecule has 1 aliphatic rings.